The van der Waals surface area contributed by atoms with Gasteiger partial charge in [-0.3, -0.25) is 33.3 Å². The third-order valence-electron chi connectivity index (χ3n) is 6.59. The van der Waals surface area contributed by atoms with Crippen LogP contribution in [0.2, 0.25) is 0 Å². The first-order valence-corrected chi connectivity index (χ1v) is 14.6. The van der Waals surface area contributed by atoms with Crippen LogP contribution in [0.25, 0.3) is 10.4 Å². The van der Waals surface area contributed by atoms with Gasteiger partial charge in [-0.15, -0.1) is 11.8 Å². The molecule has 1 amide bonds. The lowest BCUT2D eigenvalue weighted by Crippen LogP contribution is -2.33. The average Bonchev–Trinajstić information content (AvgIpc) is 3.60. The lowest BCUT2D eigenvalue weighted by atomic mass is 10.1. The van der Waals surface area contributed by atoms with Gasteiger partial charge in [0.1, 0.15) is 43.0 Å². The van der Waals surface area contributed by atoms with E-state index in [-0.39, 0.29) is 50.6 Å². The minimum Gasteiger partial charge on any atom is -0.463 e. The third-order valence-corrected chi connectivity index (χ3v) is 7.69. The van der Waals surface area contributed by atoms with Gasteiger partial charge in [0.25, 0.3) is 5.56 Å². The maximum Gasteiger partial charge on any atom is 0.351 e. The molecule has 18 nitrogen and oxygen atoms in total. The minimum atomic E-state index is -0.836. The number of thioether (sulfide) groups is 1. The van der Waals surface area contributed by atoms with Crippen molar-refractivity contribution in [1.82, 2.24) is 19.1 Å². The predicted octanol–water partition coefficient (Wildman–Crippen LogP) is 0.872. The summed E-state index contributed by atoms with van der Waals surface area (Å²) in [4.78, 5) is 80.5. The van der Waals surface area contributed by atoms with Gasteiger partial charge in [-0.25, -0.2) is 9.59 Å². The van der Waals surface area contributed by atoms with Crippen molar-refractivity contribution >= 4 is 35.4 Å². The molecule has 2 aromatic rings. The van der Waals surface area contributed by atoms with Crippen molar-refractivity contribution in [3.8, 4) is 0 Å². The first-order valence-electron chi connectivity index (χ1n) is 13.5. The molecule has 0 unspecified atom stereocenters. The molecule has 2 aromatic heterocycles. The molecule has 0 aromatic carbocycles. The van der Waals surface area contributed by atoms with Gasteiger partial charge >= 0.3 is 23.3 Å². The molecule has 44 heavy (non-hydrogen) atoms. The number of rotatable bonds is 12. The Balaban J connectivity index is 1.16. The summed E-state index contributed by atoms with van der Waals surface area (Å²) in [5, 5.41) is 6.11. The first kappa shape index (κ1) is 32.5. The number of hydrogen-bond donors (Lipinski definition) is 2. The number of aromatic nitrogens is 4. The Kier molecular flexibility index (Phi) is 10.9. The monoisotopic (exact) mass is 634 g/mol. The number of esters is 2. The second kappa shape index (κ2) is 14.8. The van der Waals surface area contributed by atoms with E-state index < -0.39 is 58.9 Å². The number of nitrogens with one attached hydrogen (secondary N) is 2. The summed E-state index contributed by atoms with van der Waals surface area (Å²) >= 11 is 1.36. The van der Waals surface area contributed by atoms with Crippen molar-refractivity contribution < 1.29 is 33.3 Å². The number of carbonyl (C=O) groups is 3. The number of aromatic amines is 1. The van der Waals surface area contributed by atoms with E-state index in [0.717, 1.165) is 0 Å². The van der Waals surface area contributed by atoms with Crippen LogP contribution in [0.4, 0.5) is 5.82 Å². The zero-order valence-electron chi connectivity index (χ0n) is 23.7. The maximum absolute atomic E-state index is 12.3. The van der Waals surface area contributed by atoms with Crippen molar-refractivity contribution in [2.45, 2.75) is 69.6 Å². The van der Waals surface area contributed by atoms with Crippen LogP contribution < -0.4 is 22.3 Å². The molecule has 4 rings (SSSR count). The van der Waals surface area contributed by atoms with Gasteiger partial charge in [0.15, 0.2) is 0 Å². The van der Waals surface area contributed by atoms with E-state index in [1.165, 1.54) is 53.2 Å². The van der Waals surface area contributed by atoms with E-state index in [1.54, 1.807) is 0 Å². The van der Waals surface area contributed by atoms with Gasteiger partial charge in [-0.05, 0) is 24.9 Å². The summed E-state index contributed by atoms with van der Waals surface area (Å²) in [6, 6.07) is 0.753. The van der Waals surface area contributed by atoms with E-state index in [2.05, 4.69) is 25.3 Å². The van der Waals surface area contributed by atoms with E-state index in [0.29, 0.717) is 11.3 Å². The normalized spacial score (nSPS) is 22.6. The van der Waals surface area contributed by atoms with Gasteiger partial charge in [0, 0.05) is 54.8 Å². The Morgan fingerprint density at radius 3 is 2.57 bits per heavy atom. The largest absolute Gasteiger partial charge is 0.463 e. The summed E-state index contributed by atoms with van der Waals surface area (Å²) < 4.78 is 24.5. The van der Waals surface area contributed by atoms with E-state index in [9.17, 15) is 28.8 Å². The van der Waals surface area contributed by atoms with Crippen LogP contribution >= 0.6 is 11.8 Å². The smallest absolute Gasteiger partial charge is 0.351 e. The number of azide groups is 1. The molecule has 0 aliphatic carbocycles. The fourth-order valence-electron chi connectivity index (χ4n) is 4.44. The van der Waals surface area contributed by atoms with Gasteiger partial charge in [0.05, 0.1) is 6.04 Å². The molecule has 5 atom stereocenters. The highest BCUT2D eigenvalue weighted by atomic mass is 32.2. The third kappa shape index (κ3) is 8.56. The van der Waals surface area contributed by atoms with E-state index >= 15 is 0 Å². The number of ether oxygens (including phenoxy) is 4. The molecular weight excluding hydrogens is 604 g/mol. The van der Waals surface area contributed by atoms with Crippen LogP contribution in [0.5, 0.6) is 0 Å². The summed E-state index contributed by atoms with van der Waals surface area (Å²) in [5.41, 5.74) is 6.88. The molecule has 2 saturated heterocycles. The Hall–Kier alpha value is -4.45. The van der Waals surface area contributed by atoms with Crippen molar-refractivity contribution in [2.24, 2.45) is 5.11 Å². The highest BCUT2D eigenvalue weighted by Gasteiger charge is 2.37. The molecule has 4 heterocycles. The maximum atomic E-state index is 12.3. The van der Waals surface area contributed by atoms with Crippen LogP contribution in [-0.4, -0.2) is 73.5 Å². The van der Waals surface area contributed by atoms with Gasteiger partial charge in [0.2, 0.25) is 5.91 Å². The fourth-order valence-corrected chi connectivity index (χ4v) is 5.43. The second-order valence-corrected chi connectivity index (χ2v) is 11.1. The van der Waals surface area contributed by atoms with E-state index in [1.807, 2.05) is 0 Å². The second-order valence-electron chi connectivity index (χ2n) is 9.87. The van der Waals surface area contributed by atoms with Crippen LogP contribution in [0.1, 0.15) is 50.6 Å². The van der Waals surface area contributed by atoms with Gasteiger partial charge in [-0.1, -0.05) is 5.11 Å². The summed E-state index contributed by atoms with van der Waals surface area (Å²) in [6.45, 7) is 2.53. The molecule has 19 heteroatoms. The standard InChI is InChI=1S/C25H30N8O10S/c1-13-9-33(25(39)29-23(13)37)18-8-15(30-31-26)16(42-18)10-40-20(35)4-3-5-21(36)41-11-22-43-19(12-44-22)32-7-6-17(27-14(2)34)28-24(32)38/h6-7,9,15-16,18-19,22H,3-5,8,10-12H2,1-2H3,(H,29,37,39)(H,27,28,34,38)/t15-,16+,18+,19-,22+/m0/s1. The highest BCUT2D eigenvalue weighted by Crippen LogP contribution is 2.32. The molecule has 236 valence electrons. The number of anilines is 1. The van der Waals surface area contributed by atoms with Crippen LogP contribution in [0.15, 0.2) is 38.0 Å². The average molecular weight is 635 g/mol. The molecule has 2 aliphatic heterocycles. The van der Waals surface area contributed by atoms with Gasteiger partial charge < -0.3 is 24.3 Å². The quantitative estimate of drug-likeness (QED) is 0.143. The Morgan fingerprint density at radius 2 is 1.89 bits per heavy atom. The first-order chi connectivity index (χ1) is 21.0. The molecule has 0 saturated carbocycles. The Bertz CT molecular complexity index is 1620. The lowest BCUT2D eigenvalue weighted by Gasteiger charge is -2.17. The van der Waals surface area contributed by atoms with Crippen molar-refractivity contribution in [3.63, 3.8) is 0 Å². The van der Waals surface area contributed by atoms with Crippen molar-refractivity contribution in [3.05, 3.63) is 65.8 Å². The Morgan fingerprint density at radius 1 is 1.16 bits per heavy atom. The number of hydrogen-bond acceptors (Lipinski definition) is 13. The number of amides is 1. The SMILES string of the molecule is CC(=O)Nc1ccn([C@@H]2CS[C@H](COC(=O)CCCC(=O)OC[C@H]3O[C@@H](n4cc(C)c(=O)[nH]c4=O)C[C@@H]3N=[N+]=[N-])O2)c(=O)n1. The van der Waals surface area contributed by atoms with E-state index in [4.69, 9.17) is 24.5 Å². The van der Waals surface area contributed by atoms with Crippen LogP contribution in [-0.2, 0) is 33.3 Å². The van der Waals surface area contributed by atoms with Crippen LogP contribution in [0, 0.1) is 6.92 Å². The number of aryl methyl sites for hydroxylation is 1. The van der Waals surface area contributed by atoms with Crippen LogP contribution in [0.3, 0.4) is 0 Å². The summed E-state index contributed by atoms with van der Waals surface area (Å²) in [5.74, 6) is -0.957. The minimum absolute atomic E-state index is 0.0538. The number of nitrogens with zero attached hydrogens (tertiary/aromatic N) is 6. The highest BCUT2D eigenvalue weighted by molar-refractivity contribution is 8.00. The lowest BCUT2D eigenvalue weighted by molar-refractivity contribution is -0.150. The molecular formula is C25H30N8O10S. The zero-order valence-corrected chi connectivity index (χ0v) is 24.6. The molecule has 0 bridgehead atoms. The summed E-state index contributed by atoms with van der Waals surface area (Å²) in [7, 11) is 0. The van der Waals surface area contributed by atoms with Crippen molar-refractivity contribution in [2.75, 3.05) is 24.3 Å². The van der Waals surface area contributed by atoms with Gasteiger partial charge in [-0.2, -0.15) is 4.98 Å². The molecule has 2 N–H and O–H groups in total. The van der Waals surface area contributed by atoms with Crippen molar-refractivity contribution in [1.29, 1.82) is 0 Å². The Labute approximate surface area is 252 Å². The molecule has 0 spiro atoms. The molecule has 2 aliphatic rings. The topological polar surface area (TPSA) is 239 Å². The summed E-state index contributed by atoms with van der Waals surface area (Å²) in [6.07, 6.45) is 0.670. The predicted molar refractivity (Wildman–Crippen MR) is 152 cm³/mol. The fraction of sp³-hybridized carbons (Fsp3) is 0.560. The molecule has 2 fully saturated rings. The zero-order chi connectivity index (χ0) is 31.8. The number of carbonyl (C=O) groups excluding carboxylic acids is 3. The molecule has 0 radical (unpaired) electrons. The number of H-pyrrole nitrogens is 1.